The second-order valence-corrected chi connectivity index (χ2v) is 4.54. The standard InChI is InChI=1S/C9H17NO2/c1-6-8(2,10)12-7(11)5-9(6)3-4-9/h6-7,11H,3-5,10H2,1-2H3/t6-,7?,8-/m1/s1. The summed E-state index contributed by atoms with van der Waals surface area (Å²) in [6.07, 6.45) is 2.50. The van der Waals surface area contributed by atoms with Crippen LogP contribution in [-0.4, -0.2) is 17.1 Å². The van der Waals surface area contributed by atoms with E-state index in [0.717, 1.165) is 6.42 Å². The van der Waals surface area contributed by atoms with E-state index in [2.05, 4.69) is 6.92 Å². The third kappa shape index (κ3) is 1.08. The summed E-state index contributed by atoms with van der Waals surface area (Å²) in [5.74, 6) is 0.355. The first kappa shape index (κ1) is 8.48. The number of aliphatic hydroxyl groups excluding tert-OH is 1. The van der Waals surface area contributed by atoms with Crippen molar-refractivity contribution in [1.82, 2.24) is 0 Å². The fourth-order valence-electron chi connectivity index (χ4n) is 2.37. The Morgan fingerprint density at radius 3 is 2.58 bits per heavy atom. The van der Waals surface area contributed by atoms with Crippen LogP contribution < -0.4 is 5.73 Å². The molecule has 1 unspecified atom stereocenters. The van der Waals surface area contributed by atoms with E-state index in [0.29, 0.717) is 11.3 Å². The molecule has 12 heavy (non-hydrogen) atoms. The number of hydrogen-bond donors (Lipinski definition) is 2. The third-order valence-electron chi connectivity index (χ3n) is 3.64. The van der Waals surface area contributed by atoms with Crippen LogP contribution >= 0.6 is 0 Å². The van der Waals surface area contributed by atoms with Crippen molar-refractivity contribution in [3.63, 3.8) is 0 Å². The SMILES string of the molecule is C[C@H]1C2(CC2)CC(O)O[C@@]1(C)N. The minimum absolute atomic E-state index is 0.293. The monoisotopic (exact) mass is 171 g/mol. The Labute approximate surface area is 72.9 Å². The predicted molar refractivity (Wildman–Crippen MR) is 45.1 cm³/mol. The molecule has 3 atom stereocenters. The molecule has 0 bridgehead atoms. The zero-order chi connectivity index (χ0) is 8.98. The molecule has 0 aromatic heterocycles. The first-order valence-corrected chi connectivity index (χ1v) is 4.61. The Kier molecular flexibility index (Phi) is 1.57. The molecule has 3 N–H and O–H groups in total. The molecule has 2 fully saturated rings. The Bertz CT molecular complexity index is 191. The summed E-state index contributed by atoms with van der Waals surface area (Å²) in [4.78, 5) is 0. The fourth-order valence-corrected chi connectivity index (χ4v) is 2.37. The van der Waals surface area contributed by atoms with E-state index < -0.39 is 12.0 Å². The van der Waals surface area contributed by atoms with Gasteiger partial charge in [-0.15, -0.1) is 0 Å². The largest absolute Gasteiger partial charge is 0.368 e. The molecule has 70 valence electrons. The number of rotatable bonds is 0. The number of nitrogens with two attached hydrogens (primary N) is 1. The maximum Gasteiger partial charge on any atom is 0.157 e. The maximum absolute atomic E-state index is 9.44. The van der Waals surface area contributed by atoms with Crippen molar-refractivity contribution in [1.29, 1.82) is 0 Å². The molecule has 3 heteroatoms. The van der Waals surface area contributed by atoms with Gasteiger partial charge in [0.05, 0.1) is 0 Å². The highest BCUT2D eigenvalue weighted by molar-refractivity contribution is 5.04. The maximum atomic E-state index is 9.44. The number of aliphatic hydroxyl groups is 1. The van der Waals surface area contributed by atoms with E-state index in [1.165, 1.54) is 12.8 Å². The van der Waals surface area contributed by atoms with Crippen molar-refractivity contribution < 1.29 is 9.84 Å². The highest BCUT2D eigenvalue weighted by atomic mass is 16.6. The zero-order valence-electron chi connectivity index (χ0n) is 7.71. The number of hydrogen-bond acceptors (Lipinski definition) is 3. The van der Waals surface area contributed by atoms with Gasteiger partial charge in [-0.05, 0) is 25.2 Å². The van der Waals surface area contributed by atoms with Gasteiger partial charge in [0.15, 0.2) is 6.29 Å². The zero-order valence-corrected chi connectivity index (χ0v) is 7.71. The lowest BCUT2D eigenvalue weighted by Crippen LogP contribution is -2.55. The van der Waals surface area contributed by atoms with Crippen LogP contribution in [0.15, 0.2) is 0 Å². The van der Waals surface area contributed by atoms with Gasteiger partial charge in [0.1, 0.15) is 5.72 Å². The van der Waals surface area contributed by atoms with Crippen LogP contribution in [0, 0.1) is 11.3 Å². The third-order valence-corrected chi connectivity index (χ3v) is 3.64. The summed E-state index contributed by atoms with van der Waals surface area (Å²) >= 11 is 0. The molecule has 1 saturated heterocycles. The Hall–Kier alpha value is -0.120. The summed E-state index contributed by atoms with van der Waals surface area (Å²) in [5, 5.41) is 9.44. The molecule has 2 aliphatic rings. The molecular formula is C9H17NO2. The molecule has 1 aliphatic heterocycles. The molecule has 1 aliphatic carbocycles. The van der Waals surface area contributed by atoms with E-state index in [1.54, 1.807) is 0 Å². The lowest BCUT2D eigenvalue weighted by Gasteiger charge is -2.44. The molecular weight excluding hydrogens is 154 g/mol. The highest BCUT2D eigenvalue weighted by Gasteiger charge is 2.57. The van der Waals surface area contributed by atoms with Crippen molar-refractivity contribution in [3.05, 3.63) is 0 Å². The molecule has 1 spiro atoms. The normalized spacial score (nSPS) is 51.0. The highest BCUT2D eigenvalue weighted by Crippen LogP contribution is 2.60. The minimum atomic E-state index is -0.654. The van der Waals surface area contributed by atoms with Crippen molar-refractivity contribution in [2.45, 2.75) is 45.1 Å². The smallest absolute Gasteiger partial charge is 0.157 e. The average Bonchev–Trinajstić information content (AvgIpc) is 2.64. The molecule has 0 aromatic rings. The molecule has 3 nitrogen and oxygen atoms in total. The van der Waals surface area contributed by atoms with Gasteiger partial charge in [-0.3, -0.25) is 0 Å². The Morgan fingerprint density at radius 1 is 1.50 bits per heavy atom. The number of ether oxygens (including phenoxy) is 1. The Morgan fingerprint density at radius 2 is 2.08 bits per heavy atom. The van der Waals surface area contributed by atoms with Crippen LogP contribution in [-0.2, 0) is 4.74 Å². The van der Waals surface area contributed by atoms with Crippen molar-refractivity contribution in [2.24, 2.45) is 17.1 Å². The quantitative estimate of drug-likeness (QED) is 0.567. The molecule has 0 amide bonds. The van der Waals surface area contributed by atoms with Crippen LogP contribution in [0.3, 0.4) is 0 Å². The lowest BCUT2D eigenvalue weighted by atomic mass is 9.78. The van der Waals surface area contributed by atoms with Gasteiger partial charge in [-0.2, -0.15) is 0 Å². The van der Waals surface area contributed by atoms with Gasteiger partial charge >= 0.3 is 0 Å². The van der Waals surface area contributed by atoms with Crippen molar-refractivity contribution in [3.8, 4) is 0 Å². The van der Waals surface area contributed by atoms with Crippen molar-refractivity contribution in [2.75, 3.05) is 0 Å². The van der Waals surface area contributed by atoms with Crippen molar-refractivity contribution >= 4 is 0 Å². The lowest BCUT2D eigenvalue weighted by molar-refractivity contribution is -0.246. The second-order valence-electron chi connectivity index (χ2n) is 4.54. The molecule has 0 aromatic carbocycles. The second kappa shape index (κ2) is 2.22. The topological polar surface area (TPSA) is 55.5 Å². The van der Waals surface area contributed by atoms with Gasteiger partial charge in [-0.1, -0.05) is 6.92 Å². The molecule has 2 rings (SSSR count). The van der Waals surface area contributed by atoms with Crippen LogP contribution in [0.2, 0.25) is 0 Å². The summed E-state index contributed by atoms with van der Waals surface area (Å²) in [5.41, 5.74) is 5.59. The Balaban J connectivity index is 2.19. The van der Waals surface area contributed by atoms with Crippen LogP contribution in [0.25, 0.3) is 0 Å². The first-order chi connectivity index (χ1) is 5.46. The first-order valence-electron chi connectivity index (χ1n) is 4.61. The van der Waals surface area contributed by atoms with E-state index in [1.807, 2.05) is 6.92 Å². The summed E-state index contributed by atoms with van der Waals surface area (Å²) < 4.78 is 5.29. The summed E-state index contributed by atoms with van der Waals surface area (Å²) in [6, 6.07) is 0. The molecule has 1 heterocycles. The molecule has 0 radical (unpaired) electrons. The van der Waals surface area contributed by atoms with Gasteiger partial charge in [0.25, 0.3) is 0 Å². The summed E-state index contributed by atoms with van der Waals surface area (Å²) in [6.45, 7) is 3.99. The summed E-state index contributed by atoms with van der Waals surface area (Å²) in [7, 11) is 0. The van der Waals surface area contributed by atoms with Gasteiger partial charge in [-0.25, -0.2) is 0 Å². The van der Waals surface area contributed by atoms with E-state index in [-0.39, 0.29) is 0 Å². The fraction of sp³-hybridized carbons (Fsp3) is 1.00. The van der Waals surface area contributed by atoms with Crippen LogP contribution in [0.1, 0.15) is 33.1 Å². The predicted octanol–water partition coefficient (Wildman–Crippen LogP) is 0.816. The van der Waals surface area contributed by atoms with E-state index in [4.69, 9.17) is 10.5 Å². The molecule has 1 saturated carbocycles. The minimum Gasteiger partial charge on any atom is -0.368 e. The van der Waals surface area contributed by atoms with E-state index >= 15 is 0 Å². The van der Waals surface area contributed by atoms with Gasteiger partial charge in [0, 0.05) is 12.3 Å². The van der Waals surface area contributed by atoms with Gasteiger partial charge in [0.2, 0.25) is 0 Å². The van der Waals surface area contributed by atoms with Crippen LogP contribution in [0.4, 0.5) is 0 Å². The van der Waals surface area contributed by atoms with Crippen LogP contribution in [0.5, 0.6) is 0 Å². The van der Waals surface area contributed by atoms with E-state index in [9.17, 15) is 5.11 Å². The van der Waals surface area contributed by atoms with Gasteiger partial charge < -0.3 is 15.6 Å². The average molecular weight is 171 g/mol.